The van der Waals surface area contributed by atoms with Crippen LogP contribution in [0.15, 0.2) is 30.3 Å². The molecular weight excluding hydrogens is 266 g/mol. The number of rotatable bonds is 8. The van der Waals surface area contributed by atoms with E-state index in [1.807, 2.05) is 37.3 Å². The molecule has 0 atom stereocenters. The molecule has 0 radical (unpaired) electrons. The van der Waals surface area contributed by atoms with Crippen LogP contribution in [0.25, 0.3) is 0 Å². The van der Waals surface area contributed by atoms with Gasteiger partial charge in [-0.15, -0.1) is 0 Å². The molecule has 1 aromatic rings. The van der Waals surface area contributed by atoms with Gasteiger partial charge in [-0.1, -0.05) is 43.7 Å². The number of unbranched alkanes of at least 4 members (excludes halogenated alkanes) is 1. The van der Waals surface area contributed by atoms with Gasteiger partial charge in [0.25, 0.3) is 0 Å². The van der Waals surface area contributed by atoms with Gasteiger partial charge in [0, 0.05) is 19.6 Å². The zero-order valence-electron chi connectivity index (χ0n) is 12.9. The number of carbonyl (C=O) groups is 2. The first-order valence-electron chi connectivity index (χ1n) is 7.50. The Morgan fingerprint density at radius 1 is 1.10 bits per heavy atom. The second-order valence-electron chi connectivity index (χ2n) is 4.85. The summed E-state index contributed by atoms with van der Waals surface area (Å²) < 4.78 is 0. The average molecular weight is 291 g/mol. The minimum atomic E-state index is -0.321. The fourth-order valence-corrected chi connectivity index (χ4v) is 1.92. The van der Waals surface area contributed by atoms with E-state index in [-0.39, 0.29) is 18.5 Å². The normalized spacial score (nSPS) is 10.0. The fourth-order valence-electron chi connectivity index (χ4n) is 1.92. The minimum Gasteiger partial charge on any atom is -0.341 e. The SMILES string of the molecule is CCCCN(CC)C(=O)CNC(=O)NCc1ccccc1. The first-order valence-corrected chi connectivity index (χ1v) is 7.50. The van der Waals surface area contributed by atoms with Crippen molar-refractivity contribution in [3.8, 4) is 0 Å². The van der Waals surface area contributed by atoms with E-state index >= 15 is 0 Å². The van der Waals surface area contributed by atoms with Crippen LogP contribution in [0.4, 0.5) is 4.79 Å². The molecule has 0 aliphatic carbocycles. The number of benzene rings is 1. The van der Waals surface area contributed by atoms with Crippen molar-refractivity contribution in [3.63, 3.8) is 0 Å². The Labute approximate surface area is 126 Å². The molecule has 0 bridgehead atoms. The summed E-state index contributed by atoms with van der Waals surface area (Å²) in [4.78, 5) is 25.4. The maximum absolute atomic E-state index is 11.9. The van der Waals surface area contributed by atoms with Crippen LogP contribution in [0.5, 0.6) is 0 Å². The highest BCUT2D eigenvalue weighted by Crippen LogP contribution is 1.97. The molecule has 0 fully saturated rings. The molecule has 0 aliphatic heterocycles. The van der Waals surface area contributed by atoms with Gasteiger partial charge in [0.05, 0.1) is 6.54 Å². The molecule has 1 rings (SSSR count). The number of carbonyl (C=O) groups excluding carboxylic acids is 2. The van der Waals surface area contributed by atoms with Gasteiger partial charge in [-0.3, -0.25) is 4.79 Å². The van der Waals surface area contributed by atoms with E-state index in [2.05, 4.69) is 17.6 Å². The van der Waals surface area contributed by atoms with Crippen molar-refractivity contribution in [2.45, 2.75) is 33.2 Å². The third-order valence-corrected chi connectivity index (χ3v) is 3.21. The van der Waals surface area contributed by atoms with Crippen molar-refractivity contribution in [1.29, 1.82) is 0 Å². The lowest BCUT2D eigenvalue weighted by Gasteiger charge is -2.20. The van der Waals surface area contributed by atoms with Crippen LogP contribution in [-0.4, -0.2) is 36.5 Å². The summed E-state index contributed by atoms with van der Waals surface area (Å²) in [7, 11) is 0. The third kappa shape index (κ3) is 6.79. The fraction of sp³-hybridized carbons (Fsp3) is 0.500. The van der Waals surface area contributed by atoms with Crippen molar-refractivity contribution in [3.05, 3.63) is 35.9 Å². The molecular formula is C16H25N3O2. The molecule has 5 heteroatoms. The number of nitrogens with zero attached hydrogens (tertiary/aromatic N) is 1. The number of urea groups is 1. The molecule has 0 spiro atoms. The Bertz CT molecular complexity index is 434. The van der Waals surface area contributed by atoms with Crippen LogP contribution < -0.4 is 10.6 Å². The summed E-state index contributed by atoms with van der Waals surface area (Å²) in [5, 5.41) is 5.34. The summed E-state index contributed by atoms with van der Waals surface area (Å²) in [5.74, 6) is -0.0409. The second kappa shape index (κ2) is 9.80. The number of nitrogens with one attached hydrogen (secondary N) is 2. The Morgan fingerprint density at radius 2 is 1.81 bits per heavy atom. The maximum Gasteiger partial charge on any atom is 0.315 e. The van der Waals surface area contributed by atoms with Crippen LogP contribution >= 0.6 is 0 Å². The molecule has 0 saturated carbocycles. The van der Waals surface area contributed by atoms with Gasteiger partial charge in [-0.25, -0.2) is 4.79 Å². The summed E-state index contributed by atoms with van der Waals surface area (Å²) in [6, 6.07) is 9.33. The summed E-state index contributed by atoms with van der Waals surface area (Å²) in [6.07, 6.45) is 2.04. The van der Waals surface area contributed by atoms with Gasteiger partial charge in [0.1, 0.15) is 0 Å². The third-order valence-electron chi connectivity index (χ3n) is 3.21. The number of likely N-dealkylation sites (N-methyl/N-ethyl adjacent to an activating group) is 1. The quantitative estimate of drug-likeness (QED) is 0.771. The molecule has 3 amide bonds. The number of hydrogen-bond acceptors (Lipinski definition) is 2. The second-order valence-corrected chi connectivity index (χ2v) is 4.85. The molecule has 0 heterocycles. The largest absolute Gasteiger partial charge is 0.341 e. The predicted molar refractivity (Wildman–Crippen MR) is 83.8 cm³/mol. The monoisotopic (exact) mass is 291 g/mol. The van der Waals surface area contributed by atoms with Gasteiger partial charge < -0.3 is 15.5 Å². The van der Waals surface area contributed by atoms with Crippen molar-refractivity contribution >= 4 is 11.9 Å². The number of amides is 3. The zero-order valence-corrected chi connectivity index (χ0v) is 12.9. The lowest BCUT2D eigenvalue weighted by molar-refractivity contribution is -0.129. The predicted octanol–water partition coefficient (Wildman–Crippen LogP) is 2.13. The zero-order chi connectivity index (χ0) is 15.5. The molecule has 0 aromatic heterocycles. The summed E-state index contributed by atoms with van der Waals surface area (Å²) in [5.41, 5.74) is 1.03. The maximum atomic E-state index is 11.9. The molecule has 21 heavy (non-hydrogen) atoms. The van der Waals surface area contributed by atoms with Gasteiger partial charge in [0.2, 0.25) is 5.91 Å². The molecule has 2 N–H and O–H groups in total. The van der Waals surface area contributed by atoms with Gasteiger partial charge in [-0.2, -0.15) is 0 Å². The molecule has 5 nitrogen and oxygen atoms in total. The lowest BCUT2D eigenvalue weighted by atomic mass is 10.2. The Morgan fingerprint density at radius 3 is 2.43 bits per heavy atom. The minimum absolute atomic E-state index is 0.0399. The van der Waals surface area contributed by atoms with Crippen molar-refractivity contribution in [1.82, 2.24) is 15.5 Å². The highest BCUT2D eigenvalue weighted by atomic mass is 16.2. The Hall–Kier alpha value is -2.04. The molecule has 116 valence electrons. The summed E-state index contributed by atoms with van der Waals surface area (Å²) in [6.45, 7) is 5.95. The van der Waals surface area contributed by atoms with Crippen molar-refractivity contribution < 1.29 is 9.59 Å². The highest BCUT2D eigenvalue weighted by molar-refractivity contribution is 5.83. The van der Waals surface area contributed by atoms with Crippen LogP contribution in [0, 0.1) is 0 Å². The van der Waals surface area contributed by atoms with Crippen LogP contribution in [0.1, 0.15) is 32.3 Å². The Balaban J connectivity index is 2.26. The first-order chi connectivity index (χ1) is 10.2. The topological polar surface area (TPSA) is 61.4 Å². The van der Waals surface area contributed by atoms with E-state index < -0.39 is 0 Å². The van der Waals surface area contributed by atoms with Gasteiger partial charge >= 0.3 is 6.03 Å². The average Bonchev–Trinajstić information content (AvgIpc) is 2.52. The Kier molecular flexibility index (Phi) is 7.94. The standard InChI is InChI=1S/C16H25N3O2/c1-3-5-11-19(4-2)15(20)13-18-16(21)17-12-14-9-7-6-8-10-14/h6-10H,3-5,11-13H2,1-2H3,(H2,17,18,21). The van der Waals surface area contributed by atoms with Crippen LogP contribution in [-0.2, 0) is 11.3 Å². The van der Waals surface area contributed by atoms with Crippen LogP contribution in [0.3, 0.4) is 0 Å². The van der Waals surface area contributed by atoms with Crippen molar-refractivity contribution in [2.24, 2.45) is 0 Å². The molecule has 0 saturated heterocycles. The van der Waals surface area contributed by atoms with E-state index in [0.29, 0.717) is 13.1 Å². The first kappa shape index (κ1) is 17.0. The number of hydrogen-bond donors (Lipinski definition) is 2. The highest BCUT2D eigenvalue weighted by Gasteiger charge is 2.11. The van der Waals surface area contributed by atoms with E-state index in [1.165, 1.54) is 0 Å². The van der Waals surface area contributed by atoms with E-state index in [9.17, 15) is 9.59 Å². The van der Waals surface area contributed by atoms with E-state index in [1.54, 1.807) is 4.90 Å². The van der Waals surface area contributed by atoms with Crippen LogP contribution in [0.2, 0.25) is 0 Å². The van der Waals surface area contributed by atoms with Gasteiger partial charge in [-0.05, 0) is 18.9 Å². The van der Waals surface area contributed by atoms with E-state index in [0.717, 1.165) is 24.9 Å². The van der Waals surface area contributed by atoms with E-state index in [4.69, 9.17) is 0 Å². The molecule has 1 aromatic carbocycles. The summed E-state index contributed by atoms with van der Waals surface area (Å²) >= 11 is 0. The van der Waals surface area contributed by atoms with Crippen molar-refractivity contribution in [2.75, 3.05) is 19.6 Å². The lowest BCUT2D eigenvalue weighted by Crippen LogP contribution is -2.43. The molecule has 0 unspecified atom stereocenters. The molecule has 0 aliphatic rings. The smallest absolute Gasteiger partial charge is 0.315 e. The van der Waals surface area contributed by atoms with Gasteiger partial charge in [0.15, 0.2) is 0 Å².